The van der Waals surface area contributed by atoms with Crippen molar-refractivity contribution in [2.75, 3.05) is 7.11 Å². The van der Waals surface area contributed by atoms with Gasteiger partial charge < -0.3 is 15.1 Å². The number of H-pyrrole nitrogens is 1. The van der Waals surface area contributed by atoms with E-state index in [2.05, 4.69) is 15.5 Å². The smallest absolute Gasteiger partial charge is 0.244 e. The molecular formula is C26H32N4O4. The molecule has 8 nitrogen and oxygen atoms in total. The monoisotopic (exact) mass is 464 g/mol. The van der Waals surface area contributed by atoms with Gasteiger partial charge in [-0.05, 0) is 36.5 Å². The molecule has 0 unspecified atom stereocenters. The number of hydrogen-bond acceptors (Lipinski definition) is 5. The van der Waals surface area contributed by atoms with Gasteiger partial charge in [0.1, 0.15) is 12.8 Å². The summed E-state index contributed by atoms with van der Waals surface area (Å²) in [7, 11) is 1.47. The first kappa shape index (κ1) is 25.0. The zero-order chi connectivity index (χ0) is 24.5. The Kier molecular flexibility index (Phi) is 8.81. The number of carbonyl (C=O) groups is 2. The van der Waals surface area contributed by atoms with Crippen LogP contribution in [0.2, 0.25) is 0 Å². The number of oxime groups is 1. The molecule has 4 N–H and O–H groups in total. The molecule has 0 aliphatic carbocycles. The van der Waals surface area contributed by atoms with Gasteiger partial charge in [0.25, 0.3) is 0 Å². The van der Waals surface area contributed by atoms with Crippen LogP contribution in [-0.4, -0.2) is 40.9 Å². The van der Waals surface area contributed by atoms with Crippen molar-refractivity contribution < 1.29 is 19.6 Å². The number of hydroxylamine groups is 1. The molecule has 3 rings (SSSR count). The maximum absolute atomic E-state index is 13.4. The second kappa shape index (κ2) is 12.0. The third-order valence-electron chi connectivity index (χ3n) is 5.61. The van der Waals surface area contributed by atoms with Crippen LogP contribution < -0.4 is 10.8 Å². The molecule has 180 valence electrons. The van der Waals surface area contributed by atoms with Gasteiger partial charge in [-0.15, -0.1) is 0 Å². The van der Waals surface area contributed by atoms with Crippen molar-refractivity contribution in [3.8, 4) is 0 Å². The van der Waals surface area contributed by atoms with Crippen LogP contribution in [0, 0.1) is 11.8 Å². The standard InChI is InChI=1S/C26H32N4O4/c1-17(2)13-20(16-24(31)29-33)26(32)28-22(14-18-9-5-4-6-10-18)25(30-34-3)23-15-19-11-7-8-12-21(19)27-23/h4-12,15,17,20,22,27,33H,13-14,16H2,1-3H3,(H,28,32)(H,29,31)/b30-25-/t20-,22+/m1/s1. The molecule has 1 heterocycles. The van der Waals surface area contributed by atoms with Gasteiger partial charge in [0, 0.05) is 23.2 Å². The lowest BCUT2D eigenvalue weighted by atomic mass is 9.91. The Morgan fingerprint density at radius 2 is 1.79 bits per heavy atom. The maximum atomic E-state index is 13.4. The minimum Gasteiger partial charge on any atom is -0.399 e. The van der Waals surface area contributed by atoms with Gasteiger partial charge in [-0.2, -0.15) is 0 Å². The van der Waals surface area contributed by atoms with E-state index in [-0.39, 0.29) is 18.2 Å². The number of carbonyl (C=O) groups excluding carboxylic acids is 2. The van der Waals surface area contributed by atoms with Gasteiger partial charge in [-0.1, -0.05) is 67.5 Å². The van der Waals surface area contributed by atoms with Gasteiger partial charge in [0.2, 0.25) is 11.8 Å². The first-order chi connectivity index (χ1) is 16.4. The van der Waals surface area contributed by atoms with E-state index in [4.69, 9.17) is 10.0 Å². The lowest BCUT2D eigenvalue weighted by Gasteiger charge is -2.24. The van der Waals surface area contributed by atoms with E-state index in [0.29, 0.717) is 18.6 Å². The molecule has 1 aromatic heterocycles. The van der Waals surface area contributed by atoms with E-state index in [1.165, 1.54) is 7.11 Å². The van der Waals surface area contributed by atoms with Crippen LogP contribution in [0.5, 0.6) is 0 Å². The van der Waals surface area contributed by atoms with Crippen molar-refractivity contribution in [2.45, 2.75) is 39.2 Å². The fourth-order valence-electron chi connectivity index (χ4n) is 4.09. The van der Waals surface area contributed by atoms with Crippen molar-refractivity contribution in [3.05, 3.63) is 71.9 Å². The Morgan fingerprint density at radius 3 is 2.44 bits per heavy atom. The van der Waals surface area contributed by atoms with Crippen LogP contribution in [0.3, 0.4) is 0 Å². The Labute approximate surface area is 199 Å². The minimum atomic E-state index is -0.600. The number of nitrogens with zero attached hydrogens (tertiary/aromatic N) is 1. The van der Waals surface area contributed by atoms with Gasteiger partial charge >= 0.3 is 0 Å². The average Bonchev–Trinajstić information content (AvgIpc) is 3.26. The summed E-state index contributed by atoms with van der Waals surface area (Å²) < 4.78 is 0. The summed E-state index contributed by atoms with van der Waals surface area (Å²) in [5.74, 6) is -1.28. The normalized spacial score (nSPS) is 13.5. The van der Waals surface area contributed by atoms with Gasteiger partial charge in [-0.3, -0.25) is 14.8 Å². The van der Waals surface area contributed by atoms with Crippen LogP contribution in [-0.2, 0) is 20.8 Å². The molecule has 8 heteroatoms. The van der Waals surface area contributed by atoms with Crippen molar-refractivity contribution >= 4 is 28.4 Å². The van der Waals surface area contributed by atoms with E-state index in [1.807, 2.05) is 74.5 Å². The highest BCUT2D eigenvalue weighted by molar-refractivity contribution is 6.07. The molecule has 0 bridgehead atoms. The SMILES string of the molecule is CO/N=C(\c1cc2ccccc2[nH]1)[C@H](Cc1ccccc1)NC(=O)[C@@H](CC(=O)NO)CC(C)C. The highest BCUT2D eigenvalue weighted by atomic mass is 16.6. The number of aromatic amines is 1. The van der Waals surface area contributed by atoms with Crippen molar-refractivity contribution in [2.24, 2.45) is 17.0 Å². The predicted octanol–water partition coefficient (Wildman–Crippen LogP) is 3.80. The summed E-state index contributed by atoms with van der Waals surface area (Å²) in [6.45, 7) is 3.97. The number of rotatable bonds is 11. The molecule has 2 amide bonds. The topological polar surface area (TPSA) is 116 Å². The second-order valence-corrected chi connectivity index (χ2v) is 8.75. The number of nitrogens with one attached hydrogen (secondary N) is 3. The molecule has 2 aromatic carbocycles. The third kappa shape index (κ3) is 6.68. The fraction of sp³-hybridized carbons (Fsp3) is 0.346. The summed E-state index contributed by atoms with van der Waals surface area (Å²) >= 11 is 0. The van der Waals surface area contributed by atoms with Crippen LogP contribution in [0.4, 0.5) is 0 Å². The molecule has 0 aliphatic rings. The van der Waals surface area contributed by atoms with Crippen LogP contribution >= 0.6 is 0 Å². The highest BCUT2D eigenvalue weighted by Gasteiger charge is 2.29. The molecule has 0 radical (unpaired) electrons. The van der Waals surface area contributed by atoms with E-state index in [1.54, 1.807) is 5.48 Å². The summed E-state index contributed by atoms with van der Waals surface area (Å²) in [5.41, 5.74) is 4.88. The lowest BCUT2D eigenvalue weighted by Crippen LogP contribution is -2.46. The number of benzene rings is 2. The molecule has 0 saturated carbocycles. The Bertz CT molecular complexity index is 1090. The molecule has 3 aromatic rings. The Morgan fingerprint density at radius 1 is 1.09 bits per heavy atom. The highest BCUT2D eigenvalue weighted by Crippen LogP contribution is 2.20. The number of amides is 2. The molecule has 2 atom stereocenters. The first-order valence-corrected chi connectivity index (χ1v) is 11.4. The van der Waals surface area contributed by atoms with E-state index >= 15 is 0 Å². The Hall–Kier alpha value is -3.65. The van der Waals surface area contributed by atoms with E-state index < -0.39 is 17.9 Å². The molecule has 0 aliphatic heterocycles. The summed E-state index contributed by atoms with van der Waals surface area (Å²) in [5, 5.41) is 17.4. The summed E-state index contributed by atoms with van der Waals surface area (Å²) in [6, 6.07) is 19.1. The number of hydrogen-bond donors (Lipinski definition) is 4. The van der Waals surface area contributed by atoms with Crippen molar-refractivity contribution in [1.29, 1.82) is 0 Å². The lowest BCUT2D eigenvalue weighted by molar-refractivity contribution is -0.135. The molecule has 0 fully saturated rings. The van der Waals surface area contributed by atoms with Crippen LogP contribution in [0.1, 0.15) is 37.9 Å². The molecule has 0 saturated heterocycles. The van der Waals surface area contributed by atoms with E-state index in [0.717, 1.165) is 22.2 Å². The number of fused-ring (bicyclic) bond motifs is 1. The fourth-order valence-corrected chi connectivity index (χ4v) is 4.09. The minimum absolute atomic E-state index is 0.109. The quantitative estimate of drug-likeness (QED) is 0.196. The van der Waals surface area contributed by atoms with Crippen LogP contribution in [0.25, 0.3) is 10.9 Å². The van der Waals surface area contributed by atoms with Crippen molar-refractivity contribution in [3.63, 3.8) is 0 Å². The third-order valence-corrected chi connectivity index (χ3v) is 5.61. The van der Waals surface area contributed by atoms with Gasteiger partial charge in [-0.25, -0.2) is 5.48 Å². The average molecular weight is 465 g/mol. The Balaban J connectivity index is 1.96. The zero-order valence-electron chi connectivity index (χ0n) is 19.7. The van der Waals surface area contributed by atoms with Crippen LogP contribution in [0.15, 0.2) is 65.8 Å². The number of para-hydroxylation sites is 1. The zero-order valence-corrected chi connectivity index (χ0v) is 19.7. The second-order valence-electron chi connectivity index (χ2n) is 8.75. The molecule has 0 spiro atoms. The summed E-state index contributed by atoms with van der Waals surface area (Å²) in [6.07, 6.45) is 0.868. The largest absolute Gasteiger partial charge is 0.399 e. The van der Waals surface area contributed by atoms with E-state index in [9.17, 15) is 9.59 Å². The molecule has 34 heavy (non-hydrogen) atoms. The first-order valence-electron chi connectivity index (χ1n) is 11.4. The van der Waals surface area contributed by atoms with Gasteiger partial charge in [0.05, 0.1) is 11.7 Å². The predicted molar refractivity (Wildman–Crippen MR) is 131 cm³/mol. The molecular weight excluding hydrogens is 432 g/mol. The van der Waals surface area contributed by atoms with Gasteiger partial charge in [0.15, 0.2) is 0 Å². The van der Waals surface area contributed by atoms with Crippen molar-refractivity contribution in [1.82, 2.24) is 15.8 Å². The summed E-state index contributed by atoms with van der Waals surface area (Å²) in [4.78, 5) is 33.8. The number of aromatic nitrogens is 1. The maximum Gasteiger partial charge on any atom is 0.244 e.